The number of pyridine rings is 1. The highest BCUT2D eigenvalue weighted by atomic mass is 16.2. The number of rotatable bonds is 5. The minimum atomic E-state index is -0.452. The second-order valence-electron chi connectivity index (χ2n) is 7.29. The summed E-state index contributed by atoms with van der Waals surface area (Å²) in [6, 6.07) is 12.2. The maximum atomic E-state index is 12.9. The summed E-state index contributed by atoms with van der Waals surface area (Å²) in [6.45, 7) is 1.47. The number of fused-ring (bicyclic) bond motifs is 1. The minimum Gasteiger partial charge on any atom is -0.348 e. The molecule has 1 aliphatic rings. The van der Waals surface area contributed by atoms with Crippen LogP contribution in [0.3, 0.4) is 0 Å². The number of aromatic nitrogens is 2. The summed E-state index contributed by atoms with van der Waals surface area (Å²) in [7, 11) is 0. The molecule has 2 heterocycles. The summed E-state index contributed by atoms with van der Waals surface area (Å²) >= 11 is 0. The molecule has 7 heteroatoms. The lowest BCUT2D eigenvalue weighted by Crippen LogP contribution is -2.33. The van der Waals surface area contributed by atoms with E-state index in [0.717, 1.165) is 25.7 Å². The summed E-state index contributed by atoms with van der Waals surface area (Å²) in [4.78, 5) is 41.6. The normalized spacial score (nSPS) is 14.1. The Hall–Kier alpha value is -3.48. The first-order chi connectivity index (χ1) is 14.0. The molecule has 0 bridgehead atoms. The number of hydrogen-bond acceptors (Lipinski definition) is 4. The van der Waals surface area contributed by atoms with Crippen molar-refractivity contribution < 1.29 is 14.4 Å². The van der Waals surface area contributed by atoms with Crippen molar-refractivity contribution in [3.8, 4) is 0 Å². The predicted molar refractivity (Wildman–Crippen MR) is 109 cm³/mol. The monoisotopic (exact) mass is 390 g/mol. The van der Waals surface area contributed by atoms with Crippen LogP contribution < -0.4 is 10.6 Å². The van der Waals surface area contributed by atoms with Crippen molar-refractivity contribution in [3.63, 3.8) is 0 Å². The third-order valence-corrected chi connectivity index (χ3v) is 5.18. The van der Waals surface area contributed by atoms with Crippen LogP contribution in [0.25, 0.3) is 5.52 Å². The lowest BCUT2D eigenvalue weighted by atomic mass is 10.1. The Balaban J connectivity index is 1.63. The quantitative estimate of drug-likeness (QED) is 0.653. The molecule has 148 valence electrons. The van der Waals surface area contributed by atoms with Gasteiger partial charge in [-0.2, -0.15) is 0 Å². The van der Waals surface area contributed by atoms with E-state index in [4.69, 9.17) is 0 Å². The SMILES string of the molecule is CC(=O)c1cccc(NC(=O)c2nc(C(=O)NC3CCCC3)c3ccccn23)c1. The Kier molecular flexibility index (Phi) is 5.12. The van der Waals surface area contributed by atoms with Crippen LogP contribution in [-0.4, -0.2) is 33.0 Å². The van der Waals surface area contributed by atoms with Gasteiger partial charge in [-0.3, -0.25) is 18.8 Å². The van der Waals surface area contributed by atoms with E-state index in [1.165, 1.54) is 6.92 Å². The van der Waals surface area contributed by atoms with E-state index in [0.29, 0.717) is 16.8 Å². The highest BCUT2D eigenvalue weighted by molar-refractivity contribution is 6.06. The second kappa shape index (κ2) is 7.87. The molecule has 0 saturated heterocycles. The predicted octanol–water partition coefficient (Wildman–Crippen LogP) is 3.46. The molecule has 0 aliphatic heterocycles. The summed E-state index contributed by atoms with van der Waals surface area (Å²) in [5.41, 5.74) is 1.81. The fourth-order valence-corrected chi connectivity index (χ4v) is 3.69. The Morgan fingerprint density at radius 1 is 1.03 bits per heavy atom. The van der Waals surface area contributed by atoms with Gasteiger partial charge < -0.3 is 10.6 Å². The van der Waals surface area contributed by atoms with Gasteiger partial charge in [-0.1, -0.05) is 31.0 Å². The van der Waals surface area contributed by atoms with Gasteiger partial charge in [-0.25, -0.2) is 4.98 Å². The van der Waals surface area contributed by atoms with Crippen molar-refractivity contribution in [1.82, 2.24) is 14.7 Å². The van der Waals surface area contributed by atoms with Gasteiger partial charge in [0.1, 0.15) is 0 Å². The van der Waals surface area contributed by atoms with Gasteiger partial charge in [-0.05, 0) is 44.0 Å². The number of benzene rings is 1. The topological polar surface area (TPSA) is 92.6 Å². The maximum absolute atomic E-state index is 12.9. The van der Waals surface area contributed by atoms with E-state index in [1.54, 1.807) is 53.1 Å². The van der Waals surface area contributed by atoms with Crippen LogP contribution in [0.5, 0.6) is 0 Å². The van der Waals surface area contributed by atoms with Gasteiger partial charge in [-0.15, -0.1) is 0 Å². The van der Waals surface area contributed by atoms with Crippen molar-refractivity contribution in [3.05, 3.63) is 65.7 Å². The zero-order valence-corrected chi connectivity index (χ0v) is 16.1. The van der Waals surface area contributed by atoms with Gasteiger partial charge in [0.05, 0.1) is 5.52 Å². The molecule has 2 aromatic heterocycles. The third-order valence-electron chi connectivity index (χ3n) is 5.18. The molecule has 0 unspecified atom stereocenters. The van der Waals surface area contributed by atoms with Crippen LogP contribution in [0.15, 0.2) is 48.7 Å². The maximum Gasteiger partial charge on any atom is 0.292 e. The Bertz CT molecular complexity index is 1100. The van der Waals surface area contributed by atoms with Crippen molar-refractivity contribution in [2.24, 2.45) is 0 Å². The van der Waals surface area contributed by atoms with Gasteiger partial charge in [0.15, 0.2) is 11.5 Å². The molecule has 0 atom stereocenters. The Morgan fingerprint density at radius 3 is 2.59 bits per heavy atom. The number of nitrogens with one attached hydrogen (secondary N) is 2. The molecule has 29 heavy (non-hydrogen) atoms. The number of carbonyl (C=O) groups excluding carboxylic acids is 3. The van der Waals surface area contributed by atoms with Gasteiger partial charge in [0.2, 0.25) is 5.82 Å². The fourth-order valence-electron chi connectivity index (χ4n) is 3.69. The van der Waals surface area contributed by atoms with Gasteiger partial charge >= 0.3 is 0 Å². The molecule has 1 fully saturated rings. The molecule has 1 aliphatic carbocycles. The molecule has 3 aromatic rings. The molecule has 4 rings (SSSR count). The molecule has 0 radical (unpaired) electrons. The molecule has 2 N–H and O–H groups in total. The van der Waals surface area contributed by atoms with E-state index in [-0.39, 0.29) is 29.3 Å². The van der Waals surface area contributed by atoms with Gasteiger partial charge in [0.25, 0.3) is 11.8 Å². The van der Waals surface area contributed by atoms with Crippen LogP contribution in [-0.2, 0) is 0 Å². The largest absolute Gasteiger partial charge is 0.348 e. The lowest BCUT2D eigenvalue weighted by Gasteiger charge is -2.10. The summed E-state index contributed by atoms with van der Waals surface area (Å²) in [5, 5.41) is 5.79. The molecule has 1 aromatic carbocycles. The molecular formula is C22H22N4O3. The number of carbonyl (C=O) groups is 3. The number of nitrogens with zero attached hydrogens (tertiary/aromatic N) is 2. The van der Waals surface area contributed by atoms with E-state index in [1.807, 2.05) is 0 Å². The molecular weight excluding hydrogens is 368 g/mol. The van der Waals surface area contributed by atoms with Crippen LogP contribution >= 0.6 is 0 Å². The van der Waals surface area contributed by atoms with Crippen molar-refractivity contribution >= 4 is 28.8 Å². The van der Waals surface area contributed by atoms with E-state index >= 15 is 0 Å². The van der Waals surface area contributed by atoms with Gasteiger partial charge in [0, 0.05) is 23.5 Å². The number of hydrogen-bond donors (Lipinski definition) is 2. The van der Waals surface area contributed by atoms with Crippen molar-refractivity contribution in [2.75, 3.05) is 5.32 Å². The molecule has 7 nitrogen and oxygen atoms in total. The minimum absolute atomic E-state index is 0.0850. The zero-order valence-electron chi connectivity index (χ0n) is 16.1. The standard InChI is InChI=1S/C22H22N4O3/c1-14(27)15-7-6-10-17(13-15)24-22(29)20-25-19(18-11-4-5-12-26(18)20)21(28)23-16-8-2-3-9-16/h4-7,10-13,16H,2-3,8-9H2,1H3,(H,23,28)(H,24,29). The fraction of sp³-hybridized carbons (Fsp3) is 0.273. The zero-order chi connectivity index (χ0) is 20.4. The summed E-state index contributed by atoms with van der Waals surface area (Å²) < 4.78 is 1.60. The van der Waals surface area contributed by atoms with Crippen LogP contribution in [0, 0.1) is 0 Å². The first kappa shape index (κ1) is 18.9. The van der Waals surface area contributed by atoms with E-state index < -0.39 is 5.91 Å². The Morgan fingerprint density at radius 2 is 1.83 bits per heavy atom. The van der Waals surface area contributed by atoms with Crippen molar-refractivity contribution in [1.29, 1.82) is 0 Å². The Labute approximate surface area is 168 Å². The summed E-state index contributed by atoms with van der Waals surface area (Å²) in [6.07, 6.45) is 5.87. The number of Topliss-reactive ketones (excluding diaryl/α,β-unsaturated/α-hetero) is 1. The first-order valence-corrected chi connectivity index (χ1v) is 9.73. The number of ketones is 1. The molecule has 1 saturated carbocycles. The number of imidazole rings is 1. The van der Waals surface area contributed by atoms with Crippen LogP contribution in [0.4, 0.5) is 5.69 Å². The number of amides is 2. The van der Waals surface area contributed by atoms with E-state index in [9.17, 15) is 14.4 Å². The average Bonchev–Trinajstić information content (AvgIpc) is 3.35. The smallest absolute Gasteiger partial charge is 0.292 e. The second-order valence-corrected chi connectivity index (χ2v) is 7.29. The highest BCUT2D eigenvalue weighted by Crippen LogP contribution is 2.20. The van der Waals surface area contributed by atoms with E-state index in [2.05, 4.69) is 15.6 Å². The average molecular weight is 390 g/mol. The summed E-state index contributed by atoms with van der Waals surface area (Å²) in [5.74, 6) is -0.686. The van der Waals surface area contributed by atoms with Crippen LogP contribution in [0.1, 0.15) is 64.1 Å². The van der Waals surface area contributed by atoms with Crippen molar-refractivity contribution in [2.45, 2.75) is 38.6 Å². The highest BCUT2D eigenvalue weighted by Gasteiger charge is 2.24. The molecule has 0 spiro atoms. The van der Waals surface area contributed by atoms with Crippen LogP contribution in [0.2, 0.25) is 0 Å². The lowest BCUT2D eigenvalue weighted by molar-refractivity contribution is 0.0934. The molecule has 2 amide bonds. The number of anilines is 1. The third kappa shape index (κ3) is 3.89. The first-order valence-electron chi connectivity index (χ1n) is 9.73.